The van der Waals surface area contributed by atoms with E-state index in [1.807, 2.05) is 0 Å². The third-order valence-electron chi connectivity index (χ3n) is 2.77. The minimum Gasteiger partial charge on any atom is -0.316 e. The summed E-state index contributed by atoms with van der Waals surface area (Å²) >= 11 is 1.78. The first-order valence-electron chi connectivity index (χ1n) is 5.50. The van der Waals surface area contributed by atoms with Crippen molar-refractivity contribution in [2.45, 2.75) is 11.9 Å². The van der Waals surface area contributed by atoms with Crippen molar-refractivity contribution in [3.05, 3.63) is 35.4 Å². The molecule has 0 spiro atoms. The third-order valence-corrected chi connectivity index (χ3v) is 4.01. The molecular formula is C12H14F3NS. The average Bonchev–Trinajstić information content (AvgIpc) is 2.21. The van der Waals surface area contributed by atoms with Crippen LogP contribution in [-0.4, -0.2) is 18.8 Å². The molecule has 1 fully saturated rings. The van der Waals surface area contributed by atoms with Crippen LogP contribution in [-0.2, 0) is 11.9 Å². The Kier molecular flexibility index (Phi) is 3.99. The highest BCUT2D eigenvalue weighted by Crippen LogP contribution is 2.29. The molecule has 1 N–H and O–H groups in total. The van der Waals surface area contributed by atoms with Crippen LogP contribution in [0.2, 0.25) is 0 Å². The summed E-state index contributed by atoms with van der Waals surface area (Å²) in [5.41, 5.74) is 0.379. The standard InChI is InChI=1S/C12H14F3NS/c13-12(14,15)11-3-1-9(2-4-11)7-17-8-10-5-16-6-10/h1-4,10,16H,5-8H2. The number of hydrogen-bond donors (Lipinski definition) is 1. The molecule has 94 valence electrons. The minimum atomic E-state index is -4.23. The van der Waals surface area contributed by atoms with Gasteiger partial charge in [-0.1, -0.05) is 12.1 Å². The van der Waals surface area contributed by atoms with Gasteiger partial charge >= 0.3 is 6.18 Å². The van der Waals surface area contributed by atoms with E-state index in [1.54, 1.807) is 23.9 Å². The first-order valence-corrected chi connectivity index (χ1v) is 6.66. The molecule has 5 heteroatoms. The molecule has 2 rings (SSSR count). The van der Waals surface area contributed by atoms with Gasteiger partial charge in [-0.25, -0.2) is 0 Å². The van der Waals surface area contributed by atoms with Gasteiger partial charge in [0.05, 0.1) is 5.56 Å². The number of thioether (sulfide) groups is 1. The van der Waals surface area contributed by atoms with Crippen molar-refractivity contribution in [3.8, 4) is 0 Å². The second-order valence-corrected chi connectivity index (χ2v) is 5.26. The van der Waals surface area contributed by atoms with Gasteiger partial charge in [0, 0.05) is 5.75 Å². The molecule has 1 heterocycles. The molecule has 1 aromatic carbocycles. The van der Waals surface area contributed by atoms with Gasteiger partial charge in [-0.2, -0.15) is 24.9 Å². The Hall–Kier alpha value is -0.680. The van der Waals surface area contributed by atoms with E-state index >= 15 is 0 Å². The van der Waals surface area contributed by atoms with E-state index in [9.17, 15) is 13.2 Å². The predicted molar refractivity (Wildman–Crippen MR) is 64.0 cm³/mol. The van der Waals surface area contributed by atoms with E-state index in [-0.39, 0.29) is 0 Å². The van der Waals surface area contributed by atoms with Gasteiger partial charge in [0.15, 0.2) is 0 Å². The molecule has 17 heavy (non-hydrogen) atoms. The topological polar surface area (TPSA) is 12.0 Å². The van der Waals surface area contributed by atoms with E-state index in [2.05, 4.69) is 5.32 Å². The van der Waals surface area contributed by atoms with Crippen molar-refractivity contribution in [2.75, 3.05) is 18.8 Å². The van der Waals surface area contributed by atoms with E-state index in [4.69, 9.17) is 0 Å². The summed E-state index contributed by atoms with van der Waals surface area (Å²) in [6, 6.07) is 5.44. The lowest BCUT2D eigenvalue weighted by Crippen LogP contribution is -2.43. The minimum absolute atomic E-state index is 0.575. The predicted octanol–water partition coefficient (Wildman–Crippen LogP) is 3.16. The molecule has 0 unspecified atom stereocenters. The molecule has 0 amide bonds. The zero-order valence-electron chi connectivity index (χ0n) is 9.26. The molecule has 1 saturated heterocycles. The van der Waals surface area contributed by atoms with Crippen LogP contribution in [0.5, 0.6) is 0 Å². The smallest absolute Gasteiger partial charge is 0.316 e. The normalized spacial score (nSPS) is 16.9. The first-order chi connectivity index (χ1) is 8.05. The van der Waals surface area contributed by atoms with Crippen LogP contribution in [0.25, 0.3) is 0 Å². The van der Waals surface area contributed by atoms with Crippen LogP contribution >= 0.6 is 11.8 Å². The number of nitrogens with one attached hydrogen (secondary N) is 1. The van der Waals surface area contributed by atoms with Crippen molar-refractivity contribution in [1.29, 1.82) is 0 Å². The van der Waals surface area contributed by atoms with Crippen molar-refractivity contribution < 1.29 is 13.2 Å². The van der Waals surface area contributed by atoms with Crippen molar-refractivity contribution in [3.63, 3.8) is 0 Å². The molecule has 1 aliphatic rings. The summed E-state index contributed by atoms with van der Waals surface area (Å²) in [4.78, 5) is 0. The Balaban J connectivity index is 1.81. The fourth-order valence-electron chi connectivity index (χ4n) is 1.60. The van der Waals surface area contributed by atoms with Gasteiger partial charge in [0.1, 0.15) is 0 Å². The van der Waals surface area contributed by atoms with Crippen molar-refractivity contribution >= 4 is 11.8 Å². The second kappa shape index (κ2) is 5.31. The lowest BCUT2D eigenvalue weighted by Gasteiger charge is -2.26. The van der Waals surface area contributed by atoms with Crippen LogP contribution in [0.4, 0.5) is 13.2 Å². The molecule has 1 aromatic rings. The van der Waals surface area contributed by atoms with Gasteiger partial charge < -0.3 is 5.32 Å². The Morgan fingerprint density at radius 2 is 1.82 bits per heavy atom. The maximum absolute atomic E-state index is 12.3. The van der Waals surface area contributed by atoms with Gasteiger partial charge in [-0.05, 0) is 42.5 Å². The van der Waals surface area contributed by atoms with E-state index in [0.717, 1.165) is 48.2 Å². The number of hydrogen-bond acceptors (Lipinski definition) is 2. The maximum Gasteiger partial charge on any atom is 0.416 e. The van der Waals surface area contributed by atoms with Crippen LogP contribution in [0.3, 0.4) is 0 Å². The van der Waals surface area contributed by atoms with Gasteiger partial charge in [-0.3, -0.25) is 0 Å². The van der Waals surface area contributed by atoms with Gasteiger partial charge in [0.25, 0.3) is 0 Å². The number of halogens is 3. The van der Waals surface area contributed by atoms with Crippen LogP contribution in [0, 0.1) is 5.92 Å². The molecule has 0 radical (unpaired) electrons. The quantitative estimate of drug-likeness (QED) is 0.893. The molecule has 0 saturated carbocycles. The molecule has 0 aliphatic carbocycles. The van der Waals surface area contributed by atoms with E-state index in [0.29, 0.717) is 0 Å². The number of rotatable bonds is 4. The fraction of sp³-hybridized carbons (Fsp3) is 0.500. The van der Waals surface area contributed by atoms with Crippen molar-refractivity contribution in [2.24, 2.45) is 5.92 Å². The number of alkyl halides is 3. The van der Waals surface area contributed by atoms with Crippen LogP contribution < -0.4 is 5.32 Å². The van der Waals surface area contributed by atoms with Crippen molar-refractivity contribution in [1.82, 2.24) is 5.32 Å². The van der Waals surface area contributed by atoms with Gasteiger partial charge in [-0.15, -0.1) is 0 Å². The van der Waals surface area contributed by atoms with Crippen LogP contribution in [0.15, 0.2) is 24.3 Å². The highest BCUT2D eigenvalue weighted by molar-refractivity contribution is 7.98. The zero-order chi connectivity index (χ0) is 12.3. The monoisotopic (exact) mass is 261 g/mol. The fourth-order valence-corrected chi connectivity index (χ4v) is 2.71. The molecule has 0 atom stereocenters. The Morgan fingerprint density at radius 1 is 1.18 bits per heavy atom. The summed E-state index contributed by atoms with van der Waals surface area (Å²) in [5, 5.41) is 3.20. The average molecular weight is 261 g/mol. The highest BCUT2D eigenvalue weighted by atomic mass is 32.2. The summed E-state index contributed by atoms with van der Waals surface area (Å²) in [7, 11) is 0. The Labute approximate surface area is 103 Å². The summed E-state index contributed by atoms with van der Waals surface area (Å²) in [6.07, 6.45) is -4.23. The highest BCUT2D eigenvalue weighted by Gasteiger charge is 2.29. The summed E-state index contributed by atoms with van der Waals surface area (Å²) in [6.45, 7) is 2.14. The second-order valence-electron chi connectivity index (χ2n) is 4.23. The zero-order valence-corrected chi connectivity index (χ0v) is 10.1. The summed E-state index contributed by atoms with van der Waals surface area (Å²) in [5.74, 6) is 2.59. The summed E-state index contributed by atoms with van der Waals surface area (Å²) < 4.78 is 37.0. The third kappa shape index (κ3) is 3.64. The molecular weight excluding hydrogens is 247 g/mol. The Morgan fingerprint density at radius 3 is 2.29 bits per heavy atom. The lowest BCUT2D eigenvalue weighted by atomic mass is 10.1. The Bertz CT molecular complexity index is 357. The van der Waals surface area contributed by atoms with Gasteiger partial charge in [0.2, 0.25) is 0 Å². The first kappa shape index (κ1) is 12.8. The molecule has 0 bridgehead atoms. The SMILES string of the molecule is FC(F)(F)c1ccc(CSCC2CNC2)cc1. The number of benzene rings is 1. The lowest BCUT2D eigenvalue weighted by molar-refractivity contribution is -0.137. The van der Waals surface area contributed by atoms with E-state index in [1.165, 1.54) is 0 Å². The molecule has 1 nitrogen and oxygen atoms in total. The largest absolute Gasteiger partial charge is 0.416 e. The molecule has 1 aliphatic heterocycles. The maximum atomic E-state index is 12.3. The van der Waals surface area contributed by atoms with E-state index < -0.39 is 11.7 Å². The van der Waals surface area contributed by atoms with Crippen LogP contribution in [0.1, 0.15) is 11.1 Å². The molecule has 0 aromatic heterocycles.